The first-order chi connectivity index (χ1) is 18.6. The molecule has 1 aliphatic rings. The molecule has 1 heterocycles. The molecule has 1 fully saturated rings. The largest absolute Gasteiger partial charge is 0.433 e. The van der Waals surface area contributed by atoms with Crippen molar-refractivity contribution in [3.8, 4) is 11.4 Å². The van der Waals surface area contributed by atoms with Gasteiger partial charge in [-0.1, -0.05) is 23.7 Å². The van der Waals surface area contributed by atoms with Gasteiger partial charge in [0.25, 0.3) is 5.56 Å². The summed E-state index contributed by atoms with van der Waals surface area (Å²) in [6.07, 6.45) is -10.1. The molecule has 1 saturated carbocycles. The number of ether oxygens (including phenoxy) is 1. The highest BCUT2D eigenvalue weighted by Gasteiger charge is 2.39. The predicted octanol–water partition coefficient (Wildman–Crippen LogP) is 6.02. The molecular formula is C25H18ClF8N3O3. The van der Waals surface area contributed by atoms with E-state index in [9.17, 15) is 40.3 Å². The topological polar surface area (TPSA) is 84.1 Å². The zero-order valence-electron chi connectivity index (χ0n) is 20.0. The first kappa shape index (κ1) is 29.5. The van der Waals surface area contributed by atoms with Crippen LogP contribution >= 0.6 is 11.6 Å². The van der Waals surface area contributed by atoms with Crippen molar-refractivity contribution in [2.45, 2.75) is 44.4 Å². The molecule has 3 aromatic rings. The van der Waals surface area contributed by atoms with Gasteiger partial charge < -0.3 is 15.0 Å². The van der Waals surface area contributed by atoms with Gasteiger partial charge in [0.2, 0.25) is 5.91 Å². The van der Waals surface area contributed by atoms with Crippen LogP contribution in [0.2, 0.25) is 5.02 Å². The molecule has 6 nitrogen and oxygen atoms in total. The second-order valence-electron chi connectivity index (χ2n) is 9.00. The van der Waals surface area contributed by atoms with E-state index in [-0.39, 0.29) is 36.6 Å². The Morgan fingerprint density at radius 3 is 2.38 bits per heavy atom. The minimum atomic E-state index is -5.20. The monoisotopic (exact) mass is 595 g/mol. The maximum absolute atomic E-state index is 15.3. The molecule has 4 rings (SSSR count). The molecule has 0 spiro atoms. The zero-order chi connectivity index (χ0) is 29.4. The van der Waals surface area contributed by atoms with Crippen LogP contribution in [-0.2, 0) is 35.0 Å². The van der Waals surface area contributed by atoms with E-state index in [0.717, 1.165) is 6.07 Å². The van der Waals surface area contributed by atoms with E-state index in [4.69, 9.17) is 16.3 Å². The highest BCUT2D eigenvalue weighted by atomic mass is 35.5. The van der Waals surface area contributed by atoms with E-state index in [1.165, 1.54) is 18.2 Å². The summed E-state index contributed by atoms with van der Waals surface area (Å²) in [6.45, 7) is -0.473. The smallest absolute Gasteiger partial charge is 0.373 e. The van der Waals surface area contributed by atoms with Crippen molar-refractivity contribution in [2.75, 3.05) is 0 Å². The van der Waals surface area contributed by atoms with Crippen LogP contribution in [0.5, 0.6) is 0 Å². The van der Waals surface area contributed by atoms with Crippen LogP contribution in [0.3, 0.4) is 0 Å². The molecule has 2 N–H and O–H groups in total. The molecule has 1 aliphatic carbocycles. The number of nitrogens with zero attached hydrogens (tertiary/aromatic N) is 1. The summed E-state index contributed by atoms with van der Waals surface area (Å²) in [4.78, 5) is 28.9. The Hall–Kier alpha value is -3.52. The van der Waals surface area contributed by atoms with Crippen LogP contribution in [0.15, 0.2) is 41.2 Å². The number of hydrogen-bond donors (Lipinski definition) is 2. The molecule has 40 heavy (non-hydrogen) atoms. The van der Waals surface area contributed by atoms with Crippen LogP contribution in [0.4, 0.5) is 35.1 Å². The summed E-state index contributed by atoms with van der Waals surface area (Å²) >= 11 is 5.72. The third-order valence-corrected chi connectivity index (χ3v) is 6.47. The minimum Gasteiger partial charge on any atom is -0.373 e. The Balaban J connectivity index is 1.45. The van der Waals surface area contributed by atoms with E-state index in [0.29, 0.717) is 11.6 Å². The molecule has 2 aromatic carbocycles. The van der Waals surface area contributed by atoms with Crippen molar-refractivity contribution in [3.05, 3.63) is 85.8 Å². The van der Waals surface area contributed by atoms with Crippen molar-refractivity contribution < 1.29 is 44.7 Å². The van der Waals surface area contributed by atoms with E-state index < -0.39 is 76.1 Å². The fraction of sp³-hybridized carbons (Fsp3) is 0.320. The third-order valence-electron chi connectivity index (χ3n) is 6.18. The quantitative estimate of drug-likeness (QED) is 0.328. The van der Waals surface area contributed by atoms with Crippen molar-refractivity contribution in [2.24, 2.45) is 5.92 Å². The number of halogens is 9. The molecule has 0 radical (unpaired) electrons. The Morgan fingerprint density at radius 2 is 1.75 bits per heavy atom. The first-order valence-electron chi connectivity index (χ1n) is 11.5. The SMILES string of the molecule is O=C(NCc1ccc(C(F)(F)F)c(-c2nc(C(F)(F)F)cc(=O)[nH]2)c1F)C1CC(OCc2ccc(F)c(Cl)c2)C1. The summed E-state index contributed by atoms with van der Waals surface area (Å²) in [6, 6.07) is 5.26. The van der Waals surface area contributed by atoms with Gasteiger partial charge in [0, 0.05) is 24.1 Å². The van der Waals surface area contributed by atoms with Gasteiger partial charge in [0.1, 0.15) is 17.5 Å². The number of carbonyl (C=O) groups is 1. The summed E-state index contributed by atoms with van der Waals surface area (Å²) in [5.41, 5.74) is -6.15. The highest BCUT2D eigenvalue weighted by Crippen LogP contribution is 2.39. The molecule has 0 bridgehead atoms. The molecule has 1 amide bonds. The maximum Gasteiger partial charge on any atom is 0.433 e. The van der Waals surface area contributed by atoms with Crippen LogP contribution < -0.4 is 10.9 Å². The van der Waals surface area contributed by atoms with Crippen LogP contribution in [0, 0.1) is 17.6 Å². The fourth-order valence-electron chi connectivity index (χ4n) is 4.03. The number of amides is 1. The lowest BCUT2D eigenvalue weighted by Crippen LogP contribution is -2.42. The van der Waals surface area contributed by atoms with Crippen LogP contribution in [0.1, 0.15) is 35.2 Å². The minimum absolute atomic E-state index is 0.0309. The number of hydrogen-bond acceptors (Lipinski definition) is 4. The van der Waals surface area contributed by atoms with Gasteiger partial charge >= 0.3 is 12.4 Å². The standard InChI is InChI=1S/C25H18ClF8N3O3/c26-16-5-11(1-4-17(16)27)10-40-14-6-13(7-14)23(39)35-9-12-2-3-15(24(29,30)31)20(21(12)28)22-36-18(25(32,33)34)8-19(38)37-22/h1-5,8,13-14H,6-7,9-10H2,(H,35,39)(H,36,37,38). The number of aromatic amines is 1. The third kappa shape index (κ3) is 6.61. The number of H-pyrrole nitrogens is 1. The summed E-state index contributed by atoms with van der Waals surface area (Å²) in [7, 11) is 0. The lowest BCUT2D eigenvalue weighted by Gasteiger charge is -2.34. The Bertz CT molecular complexity index is 1480. The lowest BCUT2D eigenvalue weighted by atomic mass is 9.81. The van der Waals surface area contributed by atoms with E-state index >= 15 is 4.39 Å². The number of nitrogens with one attached hydrogen (secondary N) is 2. The Kier molecular flexibility index (Phi) is 8.22. The number of benzene rings is 2. The van der Waals surface area contributed by atoms with Gasteiger partial charge in [-0.25, -0.2) is 13.8 Å². The zero-order valence-corrected chi connectivity index (χ0v) is 20.8. The average molecular weight is 596 g/mol. The number of carbonyl (C=O) groups excluding carboxylic acids is 1. The Labute approximate surface area is 225 Å². The molecule has 0 unspecified atom stereocenters. The summed E-state index contributed by atoms with van der Waals surface area (Å²) in [5.74, 6) is -4.54. The van der Waals surface area contributed by atoms with Crippen molar-refractivity contribution in [1.29, 1.82) is 0 Å². The van der Waals surface area contributed by atoms with Gasteiger partial charge in [-0.05, 0) is 36.6 Å². The van der Waals surface area contributed by atoms with E-state index in [1.54, 1.807) is 4.98 Å². The van der Waals surface area contributed by atoms with Gasteiger partial charge in [0.15, 0.2) is 5.69 Å². The van der Waals surface area contributed by atoms with Gasteiger partial charge in [-0.3, -0.25) is 9.59 Å². The van der Waals surface area contributed by atoms with Crippen LogP contribution in [0.25, 0.3) is 11.4 Å². The molecular weight excluding hydrogens is 578 g/mol. The average Bonchev–Trinajstić information content (AvgIpc) is 2.82. The molecule has 15 heteroatoms. The van der Waals surface area contributed by atoms with E-state index in [1.807, 2.05) is 0 Å². The molecule has 214 valence electrons. The fourth-order valence-corrected chi connectivity index (χ4v) is 4.23. The number of alkyl halides is 6. The first-order valence-corrected chi connectivity index (χ1v) is 11.9. The number of rotatable bonds is 7. The second kappa shape index (κ2) is 11.2. The van der Waals surface area contributed by atoms with E-state index in [2.05, 4.69) is 10.3 Å². The molecule has 0 saturated heterocycles. The normalized spacial score (nSPS) is 17.4. The Morgan fingerprint density at radius 1 is 1.05 bits per heavy atom. The van der Waals surface area contributed by atoms with Crippen LogP contribution in [-0.4, -0.2) is 22.0 Å². The second-order valence-corrected chi connectivity index (χ2v) is 9.41. The maximum atomic E-state index is 15.3. The van der Waals surface area contributed by atoms with Gasteiger partial charge in [-0.15, -0.1) is 0 Å². The van der Waals surface area contributed by atoms with Crippen molar-refractivity contribution in [3.63, 3.8) is 0 Å². The summed E-state index contributed by atoms with van der Waals surface area (Å²) < 4.78 is 114. The summed E-state index contributed by atoms with van der Waals surface area (Å²) in [5, 5.41) is 2.32. The highest BCUT2D eigenvalue weighted by molar-refractivity contribution is 6.30. The van der Waals surface area contributed by atoms with Gasteiger partial charge in [-0.2, -0.15) is 26.3 Å². The lowest BCUT2D eigenvalue weighted by molar-refractivity contribution is -0.141. The van der Waals surface area contributed by atoms with Crippen molar-refractivity contribution in [1.82, 2.24) is 15.3 Å². The molecule has 1 aromatic heterocycles. The molecule has 0 atom stereocenters. The van der Waals surface area contributed by atoms with Crippen molar-refractivity contribution >= 4 is 17.5 Å². The van der Waals surface area contributed by atoms with Gasteiger partial charge in [0.05, 0.1) is 28.9 Å². The predicted molar refractivity (Wildman–Crippen MR) is 125 cm³/mol. The number of aromatic nitrogens is 2. The molecule has 0 aliphatic heterocycles.